The summed E-state index contributed by atoms with van der Waals surface area (Å²) in [5.41, 5.74) is 1.63. The van der Waals surface area contributed by atoms with Gasteiger partial charge in [0, 0.05) is 24.1 Å². The van der Waals surface area contributed by atoms with Gasteiger partial charge < -0.3 is 20.1 Å². The van der Waals surface area contributed by atoms with Crippen LogP contribution >= 0.6 is 0 Å². The van der Waals surface area contributed by atoms with Crippen molar-refractivity contribution in [2.24, 2.45) is 17.8 Å². The van der Waals surface area contributed by atoms with Gasteiger partial charge in [-0.1, -0.05) is 24.6 Å². The van der Waals surface area contributed by atoms with E-state index in [9.17, 15) is 9.59 Å². The molecule has 2 bridgehead atoms. The van der Waals surface area contributed by atoms with Gasteiger partial charge in [-0.3, -0.25) is 9.59 Å². The molecule has 170 valence electrons. The van der Waals surface area contributed by atoms with Gasteiger partial charge in [0.1, 0.15) is 11.5 Å². The Labute approximate surface area is 189 Å². The maximum absolute atomic E-state index is 12.8. The molecule has 2 saturated carbocycles. The van der Waals surface area contributed by atoms with Crippen molar-refractivity contribution < 1.29 is 19.1 Å². The number of benzene rings is 2. The fourth-order valence-electron chi connectivity index (χ4n) is 5.15. The highest BCUT2D eigenvalue weighted by molar-refractivity contribution is 6.05. The van der Waals surface area contributed by atoms with E-state index in [-0.39, 0.29) is 11.8 Å². The molecule has 0 spiro atoms. The monoisotopic (exact) mass is 436 g/mol. The summed E-state index contributed by atoms with van der Waals surface area (Å²) in [6, 6.07) is 12.5. The predicted molar refractivity (Wildman–Crippen MR) is 125 cm³/mol. The van der Waals surface area contributed by atoms with E-state index in [0.29, 0.717) is 59.9 Å². The zero-order valence-electron chi connectivity index (χ0n) is 18.9. The molecule has 2 aliphatic rings. The van der Waals surface area contributed by atoms with E-state index in [2.05, 4.69) is 10.6 Å². The number of anilines is 2. The largest absolute Gasteiger partial charge is 0.492 e. The maximum Gasteiger partial charge on any atom is 0.255 e. The van der Waals surface area contributed by atoms with Crippen molar-refractivity contribution in [1.29, 1.82) is 0 Å². The molecule has 3 unspecified atom stereocenters. The van der Waals surface area contributed by atoms with Crippen molar-refractivity contribution in [3.8, 4) is 11.5 Å². The van der Waals surface area contributed by atoms with Gasteiger partial charge in [0.15, 0.2) is 0 Å². The van der Waals surface area contributed by atoms with Crippen LogP contribution < -0.4 is 20.1 Å². The van der Waals surface area contributed by atoms with Crippen LogP contribution in [0.2, 0.25) is 0 Å². The Morgan fingerprint density at radius 2 is 1.56 bits per heavy atom. The minimum absolute atomic E-state index is 0.00650. The van der Waals surface area contributed by atoms with Gasteiger partial charge in [0.05, 0.1) is 24.6 Å². The number of ether oxygens (including phenoxy) is 2. The molecule has 0 saturated heterocycles. The van der Waals surface area contributed by atoms with Gasteiger partial charge in [-0.2, -0.15) is 0 Å². The van der Waals surface area contributed by atoms with Gasteiger partial charge >= 0.3 is 0 Å². The first kappa shape index (κ1) is 22.2. The van der Waals surface area contributed by atoms with Crippen LogP contribution in [0.4, 0.5) is 11.4 Å². The van der Waals surface area contributed by atoms with Crippen LogP contribution in [-0.2, 0) is 4.79 Å². The van der Waals surface area contributed by atoms with Gasteiger partial charge in [0.25, 0.3) is 5.91 Å². The van der Waals surface area contributed by atoms with Crippen molar-refractivity contribution in [2.45, 2.75) is 46.0 Å². The normalized spacial score (nSPS) is 21.2. The molecule has 2 aromatic rings. The molecule has 4 rings (SSSR count). The third-order valence-electron chi connectivity index (χ3n) is 6.57. The van der Waals surface area contributed by atoms with E-state index < -0.39 is 0 Å². The number of hydrogen-bond acceptors (Lipinski definition) is 4. The van der Waals surface area contributed by atoms with Gasteiger partial charge in [-0.05, 0) is 63.0 Å². The summed E-state index contributed by atoms with van der Waals surface area (Å²) in [7, 11) is 0. The first-order chi connectivity index (χ1) is 15.6. The van der Waals surface area contributed by atoms with Crippen LogP contribution in [0.3, 0.4) is 0 Å². The molecule has 2 amide bonds. The molecular formula is C26H32N2O4. The highest BCUT2D eigenvalue weighted by atomic mass is 16.5. The van der Waals surface area contributed by atoms with E-state index in [1.54, 1.807) is 24.3 Å². The van der Waals surface area contributed by atoms with Crippen LogP contribution in [0, 0.1) is 17.8 Å². The molecule has 2 N–H and O–H groups in total. The number of carbonyl (C=O) groups is 2. The van der Waals surface area contributed by atoms with Crippen molar-refractivity contribution in [3.63, 3.8) is 0 Å². The Balaban J connectivity index is 1.52. The average molecular weight is 437 g/mol. The summed E-state index contributed by atoms with van der Waals surface area (Å²) in [6.07, 6.45) is 5.59. The average Bonchev–Trinajstić information content (AvgIpc) is 3.40. The molecule has 0 radical (unpaired) electrons. The minimum Gasteiger partial charge on any atom is -0.492 e. The smallest absolute Gasteiger partial charge is 0.255 e. The summed E-state index contributed by atoms with van der Waals surface area (Å²) in [6.45, 7) is 4.64. The molecule has 6 nitrogen and oxygen atoms in total. The highest BCUT2D eigenvalue weighted by Gasteiger charge is 2.40. The van der Waals surface area contributed by atoms with Crippen molar-refractivity contribution in [1.82, 2.24) is 0 Å². The first-order valence-corrected chi connectivity index (χ1v) is 11.7. The zero-order valence-corrected chi connectivity index (χ0v) is 18.9. The lowest BCUT2D eigenvalue weighted by Crippen LogP contribution is -2.21. The molecular weight excluding hydrogens is 404 g/mol. The summed E-state index contributed by atoms with van der Waals surface area (Å²) in [4.78, 5) is 25.5. The molecule has 0 heterocycles. The van der Waals surface area contributed by atoms with Gasteiger partial charge in [-0.25, -0.2) is 0 Å². The quantitative estimate of drug-likeness (QED) is 0.544. The van der Waals surface area contributed by atoms with Crippen LogP contribution in [0.5, 0.6) is 11.5 Å². The number of nitrogens with one attached hydrogen (secondary N) is 2. The predicted octanol–water partition coefficient (Wildman–Crippen LogP) is 5.50. The van der Waals surface area contributed by atoms with E-state index in [0.717, 1.165) is 5.92 Å². The summed E-state index contributed by atoms with van der Waals surface area (Å²) < 4.78 is 11.6. The zero-order chi connectivity index (χ0) is 22.5. The molecule has 3 atom stereocenters. The van der Waals surface area contributed by atoms with E-state index in [1.807, 2.05) is 32.0 Å². The summed E-state index contributed by atoms with van der Waals surface area (Å²) in [5, 5.41) is 5.95. The summed E-state index contributed by atoms with van der Waals surface area (Å²) in [5.74, 6) is 2.78. The number of carbonyl (C=O) groups excluding carboxylic acids is 2. The molecule has 0 aliphatic heterocycles. The molecule has 32 heavy (non-hydrogen) atoms. The number of rotatable bonds is 9. The maximum atomic E-state index is 12.8. The fourth-order valence-corrected chi connectivity index (χ4v) is 5.15. The molecule has 2 aromatic carbocycles. The molecule has 0 aromatic heterocycles. The lowest BCUT2D eigenvalue weighted by Gasteiger charge is -2.22. The topological polar surface area (TPSA) is 76.7 Å². The lowest BCUT2D eigenvalue weighted by molar-refractivity contribution is -0.117. The first-order valence-electron chi connectivity index (χ1n) is 11.7. The second kappa shape index (κ2) is 10.1. The highest BCUT2D eigenvalue weighted by Crippen LogP contribution is 2.49. The van der Waals surface area contributed by atoms with Crippen molar-refractivity contribution >= 4 is 23.2 Å². The Kier molecular flexibility index (Phi) is 6.98. The van der Waals surface area contributed by atoms with Crippen LogP contribution in [0.15, 0.2) is 42.5 Å². The summed E-state index contributed by atoms with van der Waals surface area (Å²) >= 11 is 0. The van der Waals surface area contributed by atoms with Gasteiger partial charge in [-0.15, -0.1) is 0 Å². The minimum atomic E-state index is -0.234. The SMILES string of the molecule is CCOc1cc(NC(=O)c2ccccc2)c(OCC)cc1NC(=O)CC1CC2CCC1C2. The van der Waals surface area contributed by atoms with Crippen LogP contribution in [0.1, 0.15) is 56.3 Å². The Hall–Kier alpha value is -3.02. The molecule has 2 aliphatic carbocycles. The van der Waals surface area contributed by atoms with Crippen LogP contribution in [-0.4, -0.2) is 25.0 Å². The second-order valence-corrected chi connectivity index (χ2v) is 8.72. The second-order valence-electron chi connectivity index (χ2n) is 8.72. The standard InChI is InChI=1S/C26H32N2O4/c1-3-31-23-16-22(28-26(30)18-8-6-5-7-9-18)24(32-4-2)15-21(23)27-25(29)14-20-13-17-10-11-19(20)12-17/h5-9,15-17,19-20H,3-4,10-14H2,1-2H3,(H,27,29)(H,28,30). The van der Waals surface area contributed by atoms with E-state index in [4.69, 9.17) is 9.47 Å². The number of hydrogen-bond donors (Lipinski definition) is 2. The Bertz CT molecular complexity index is 960. The third kappa shape index (κ3) is 5.06. The Morgan fingerprint density at radius 3 is 2.12 bits per heavy atom. The van der Waals surface area contributed by atoms with Gasteiger partial charge in [0.2, 0.25) is 5.91 Å². The van der Waals surface area contributed by atoms with Crippen molar-refractivity contribution in [2.75, 3.05) is 23.8 Å². The number of amides is 2. The number of fused-ring (bicyclic) bond motifs is 2. The molecule has 2 fully saturated rings. The Morgan fingerprint density at radius 1 is 0.906 bits per heavy atom. The van der Waals surface area contributed by atoms with Crippen LogP contribution in [0.25, 0.3) is 0 Å². The van der Waals surface area contributed by atoms with Crippen molar-refractivity contribution in [3.05, 3.63) is 48.0 Å². The van der Waals surface area contributed by atoms with E-state index in [1.165, 1.54) is 25.7 Å². The third-order valence-corrected chi connectivity index (χ3v) is 6.57. The molecule has 6 heteroatoms. The fraction of sp³-hybridized carbons (Fsp3) is 0.462. The van der Waals surface area contributed by atoms with E-state index >= 15 is 0 Å². The lowest BCUT2D eigenvalue weighted by atomic mass is 9.86.